The van der Waals surface area contributed by atoms with E-state index in [4.69, 9.17) is 0 Å². The predicted molar refractivity (Wildman–Crippen MR) is 76.7 cm³/mol. The maximum Gasteiger partial charge on any atom is 0.417 e. The summed E-state index contributed by atoms with van der Waals surface area (Å²) in [4.78, 5) is 37.2. The van der Waals surface area contributed by atoms with Crippen LogP contribution >= 0.6 is 0 Å². The topological polar surface area (TPSA) is 79.0 Å². The van der Waals surface area contributed by atoms with Crippen LogP contribution in [0, 0.1) is 17.6 Å². The first kappa shape index (κ1) is 16.2. The highest BCUT2D eigenvalue weighted by Crippen LogP contribution is 2.19. The van der Waals surface area contributed by atoms with Gasteiger partial charge in [0.1, 0.15) is 11.6 Å². The van der Waals surface area contributed by atoms with Crippen LogP contribution in [0.2, 0.25) is 0 Å². The van der Waals surface area contributed by atoms with Crippen LogP contribution in [-0.2, 0) is 16.1 Å². The molecule has 1 aromatic rings. The molecule has 0 spiro atoms. The zero-order chi connectivity index (χ0) is 17.3. The van der Waals surface area contributed by atoms with E-state index in [0.29, 0.717) is 13.1 Å². The lowest BCUT2D eigenvalue weighted by molar-refractivity contribution is -0.126. The van der Waals surface area contributed by atoms with Crippen molar-refractivity contribution < 1.29 is 27.9 Å². The number of urea groups is 1. The van der Waals surface area contributed by atoms with Gasteiger partial charge in [-0.05, 0) is 6.07 Å². The molecule has 0 aromatic heterocycles. The molecule has 9 heteroatoms. The van der Waals surface area contributed by atoms with Gasteiger partial charge in [0.15, 0.2) is 6.61 Å². The first-order valence-corrected chi connectivity index (χ1v) is 7.38. The van der Waals surface area contributed by atoms with E-state index in [-0.39, 0.29) is 43.1 Å². The molecule has 0 saturated carbocycles. The summed E-state index contributed by atoms with van der Waals surface area (Å²) in [6.07, 6.45) is -0.658. The summed E-state index contributed by atoms with van der Waals surface area (Å²) in [5.74, 6) is -1.78. The van der Waals surface area contributed by atoms with E-state index in [1.54, 1.807) is 0 Å². The van der Waals surface area contributed by atoms with Crippen molar-refractivity contribution in [3.63, 3.8) is 0 Å². The zero-order valence-electron chi connectivity index (χ0n) is 12.6. The number of imide groups is 1. The van der Waals surface area contributed by atoms with Crippen molar-refractivity contribution >= 4 is 18.0 Å². The quantitative estimate of drug-likeness (QED) is 0.890. The van der Waals surface area contributed by atoms with E-state index in [0.717, 1.165) is 17.0 Å². The van der Waals surface area contributed by atoms with Gasteiger partial charge in [0.05, 0.1) is 0 Å². The molecule has 3 rings (SSSR count). The second-order valence-electron chi connectivity index (χ2n) is 5.72. The van der Waals surface area contributed by atoms with E-state index in [9.17, 15) is 23.2 Å². The number of likely N-dealkylation sites (tertiary alicyclic amines) is 1. The summed E-state index contributed by atoms with van der Waals surface area (Å²) in [7, 11) is 0. The Morgan fingerprint density at radius 2 is 2.04 bits per heavy atom. The monoisotopic (exact) mass is 339 g/mol. The summed E-state index contributed by atoms with van der Waals surface area (Å²) >= 11 is 0. The number of nitrogens with one attached hydrogen (secondary N) is 1. The van der Waals surface area contributed by atoms with Crippen molar-refractivity contribution in [2.45, 2.75) is 6.54 Å². The lowest BCUT2D eigenvalue weighted by atomic mass is 10.0. The summed E-state index contributed by atoms with van der Waals surface area (Å²) in [6.45, 7) is 0.694. The van der Waals surface area contributed by atoms with Crippen LogP contribution < -0.4 is 5.32 Å². The van der Waals surface area contributed by atoms with Crippen molar-refractivity contribution in [2.24, 2.45) is 5.92 Å². The molecule has 4 amide bonds. The highest BCUT2D eigenvalue weighted by Gasteiger charge is 2.38. The summed E-state index contributed by atoms with van der Waals surface area (Å²) in [5.41, 5.74) is 0.187. The molecular formula is C15H15F2N3O4. The largest absolute Gasteiger partial charge is 0.439 e. The second-order valence-corrected chi connectivity index (χ2v) is 5.72. The average Bonchev–Trinajstić information content (AvgIpc) is 2.80. The van der Waals surface area contributed by atoms with Gasteiger partial charge in [-0.3, -0.25) is 4.79 Å². The summed E-state index contributed by atoms with van der Waals surface area (Å²) < 4.78 is 30.9. The normalized spacial score (nSPS) is 17.8. The lowest BCUT2D eigenvalue weighted by Crippen LogP contribution is -2.57. The SMILES string of the molecule is O=C(NCc1ccc(F)cc1F)N1CC(CN2C(=O)COC2=O)C1. The molecule has 2 saturated heterocycles. The molecule has 2 heterocycles. The van der Waals surface area contributed by atoms with Gasteiger partial charge in [-0.15, -0.1) is 0 Å². The fourth-order valence-electron chi connectivity index (χ4n) is 2.61. The van der Waals surface area contributed by atoms with Gasteiger partial charge in [-0.2, -0.15) is 0 Å². The minimum Gasteiger partial charge on any atom is -0.439 e. The highest BCUT2D eigenvalue weighted by molar-refractivity contribution is 5.97. The Morgan fingerprint density at radius 1 is 1.29 bits per heavy atom. The van der Waals surface area contributed by atoms with E-state index in [2.05, 4.69) is 10.1 Å². The Kier molecular flexibility index (Phi) is 4.32. The smallest absolute Gasteiger partial charge is 0.417 e. The Hall–Kier alpha value is -2.71. The first-order chi connectivity index (χ1) is 11.4. The molecule has 128 valence electrons. The van der Waals surface area contributed by atoms with Crippen molar-refractivity contribution in [3.8, 4) is 0 Å². The van der Waals surface area contributed by atoms with Gasteiger partial charge in [0, 0.05) is 43.7 Å². The molecule has 2 aliphatic heterocycles. The maximum atomic E-state index is 13.5. The molecular weight excluding hydrogens is 324 g/mol. The summed E-state index contributed by atoms with van der Waals surface area (Å²) in [6, 6.07) is 2.77. The Bertz CT molecular complexity index is 675. The van der Waals surface area contributed by atoms with Gasteiger partial charge in [0.25, 0.3) is 5.91 Å². The second kappa shape index (κ2) is 6.42. The van der Waals surface area contributed by atoms with Crippen molar-refractivity contribution in [1.82, 2.24) is 15.1 Å². The number of hydrogen-bond donors (Lipinski definition) is 1. The van der Waals surface area contributed by atoms with Gasteiger partial charge < -0.3 is 15.0 Å². The fraction of sp³-hybridized carbons (Fsp3) is 0.400. The third-order valence-electron chi connectivity index (χ3n) is 3.97. The summed E-state index contributed by atoms with van der Waals surface area (Å²) in [5, 5.41) is 2.55. The van der Waals surface area contributed by atoms with E-state index in [1.807, 2.05) is 0 Å². The minimum absolute atomic E-state index is 0.00657. The van der Waals surface area contributed by atoms with E-state index < -0.39 is 17.7 Å². The van der Waals surface area contributed by atoms with Crippen molar-refractivity contribution in [2.75, 3.05) is 26.2 Å². The number of cyclic esters (lactones) is 1. The molecule has 0 radical (unpaired) electrons. The number of halogens is 2. The number of rotatable bonds is 4. The van der Waals surface area contributed by atoms with Crippen LogP contribution in [0.25, 0.3) is 0 Å². The molecule has 2 aliphatic rings. The number of carbonyl (C=O) groups is 3. The molecule has 1 aromatic carbocycles. The number of benzene rings is 1. The molecule has 0 atom stereocenters. The van der Waals surface area contributed by atoms with Crippen LogP contribution in [0.1, 0.15) is 5.56 Å². The molecule has 0 aliphatic carbocycles. The Balaban J connectivity index is 1.43. The van der Waals surface area contributed by atoms with Gasteiger partial charge in [0.2, 0.25) is 0 Å². The molecule has 0 unspecified atom stereocenters. The van der Waals surface area contributed by atoms with Crippen LogP contribution in [0.5, 0.6) is 0 Å². The zero-order valence-corrected chi connectivity index (χ0v) is 12.6. The highest BCUT2D eigenvalue weighted by atomic mass is 19.1. The van der Waals surface area contributed by atoms with Crippen LogP contribution in [-0.4, -0.2) is 54.1 Å². The van der Waals surface area contributed by atoms with Crippen molar-refractivity contribution in [1.29, 1.82) is 0 Å². The van der Waals surface area contributed by atoms with Gasteiger partial charge in [-0.1, -0.05) is 6.07 Å². The Labute approximate surface area is 136 Å². The molecule has 0 bridgehead atoms. The Morgan fingerprint density at radius 3 is 2.67 bits per heavy atom. The van der Waals surface area contributed by atoms with Crippen molar-refractivity contribution in [3.05, 3.63) is 35.4 Å². The maximum absolute atomic E-state index is 13.5. The van der Waals surface area contributed by atoms with Crippen LogP contribution in [0.15, 0.2) is 18.2 Å². The average molecular weight is 339 g/mol. The number of amides is 4. The fourth-order valence-corrected chi connectivity index (χ4v) is 2.61. The molecule has 7 nitrogen and oxygen atoms in total. The standard InChI is InChI=1S/C15H15F2N3O4/c16-11-2-1-10(12(17)3-11)4-18-14(22)19-5-9(6-19)7-20-13(21)8-24-15(20)23/h1-3,9H,4-8H2,(H,18,22). The first-order valence-electron chi connectivity index (χ1n) is 7.38. The third kappa shape index (κ3) is 3.29. The minimum atomic E-state index is -0.720. The van der Waals surface area contributed by atoms with Crippen LogP contribution in [0.4, 0.5) is 18.4 Å². The molecule has 24 heavy (non-hydrogen) atoms. The van der Waals surface area contributed by atoms with E-state index in [1.165, 1.54) is 11.0 Å². The van der Waals surface area contributed by atoms with Crippen LogP contribution in [0.3, 0.4) is 0 Å². The van der Waals surface area contributed by atoms with Gasteiger partial charge >= 0.3 is 12.1 Å². The third-order valence-corrected chi connectivity index (χ3v) is 3.97. The number of hydrogen-bond acceptors (Lipinski definition) is 4. The number of ether oxygens (including phenoxy) is 1. The number of carbonyl (C=O) groups excluding carboxylic acids is 3. The van der Waals surface area contributed by atoms with Gasteiger partial charge in [-0.25, -0.2) is 23.3 Å². The molecule has 2 fully saturated rings. The molecule has 1 N–H and O–H groups in total. The van der Waals surface area contributed by atoms with E-state index >= 15 is 0 Å². The predicted octanol–water partition coefficient (Wildman–Crippen LogP) is 1.09. The number of nitrogens with zero attached hydrogens (tertiary/aromatic N) is 2. The lowest BCUT2D eigenvalue weighted by Gasteiger charge is -2.40.